The predicted octanol–water partition coefficient (Wildman–Crippen LogP) is 1.98. The lowest BCUT2D eigenvalue weighted by atomic mass is 10.1. The number of rotatable bonds is 3. The molecule has 1 fully saturated rings. The van der Waals surface area contributed by atoms with Crippen molar-refractivity contribution in [3.8, 4) is 11.3 Å². The number of hydrogen-bond acceptors (Lipinski definition) is 5. The molecule has 2 heterocycles. The summed E-state index contributed by atoms with van der Waals surface area (Å²) in [6.07, 6.45) is 0. The number of piperazine rings is 1. The number of aromatic nitrogens is 2. The Morgan fingerprint density at radius 1 is 1.19 bits per heavy atom. The second kappa shape index (κ2) is 6.32. The second-order valence-electron chi connectivity index (χ2n) is 5.04. The van der Waals surface area contributed by atoms with Crippen molar-refractivity contribution in [2.24, 2.45) is 0 Å². The quantitative estimate of drug-likeness (QED) is 0.870. The number of hydrogen-bond donors (Lipinski definition) is 0. The Bertz CT molecular complexity index is 605. The van der Waals surface area contributed by atoms with Gasteiger partial charge in [0.25, 0.3) is 5.91 Å². The average Bonchev–Trinajstić information content (AvgIpc) is 3.04. The van der Waals surface area contributed by atoms with Gasteiger partial charge in [0.1, 0.15) is 10.6 Å². The maximum absolute atomic E-state index is 12.7. The van der Waals surface area contributed by atoms with E-state index in [1.54, 1.807) is 0 Å². The topological polar surface area (TPSA) is 49.3 Å². The number of nitrogens with zero attached hydrogens (tertiary/aromatic N) is 4. The standard InChI is InChI=1S/C15H18N4OS/c1-2-18-8-10-19(11-9-18)15(20)14-13(16-17-21-14)12-6-4-3-5-7-12/h3-7H,2,8-11H2,1H3. The van der Waals surface area contributed by atoms with E-state index in [0.717, 1.165) is 38.3 Å². The summed E-state index contributed by atoms with van der Waals surface area (Å²) < 4.78 is 3.98. The first-order chi connectivity index (χ1) is 10.3. The fourth-order valence-corrected chi connectivity index (χ4v) is 3.18. The van der Waals surface area contributed by atoms with Crippen LogP contribution in [0.1, 0.15) is 16.6 Å². The molecule has 1 aromatic carbocycles. The minimum absolute atomic E-state index is 0.0552. The zero-order chi connectivity index (χ0) is 14.7. The monoisotopic (exact) mass is 302 g/mol. The van der Waals surface area contributed by atoms with Crippen LogP contribution in [0.15, 0.2) is 30.3 Å². The summed E-state index contributed by atoms with van der Waals surface area (Å²) in [6.45, 7) is 6.62. The lowest BCUT2D eigenvalue weighted by Crippen LogP contribution is -2.48. The van der Waals surface area contributed by atoms with E-state index in [2.05, 4.69) is 21.4 Å². The zero-order valence-corrected chi connectivity index (χ0v) is 12.8. The third-order valence-corrected chi connectivity index (χ3v) is 4.55. The van der Waals surface area contributed by atoms with Gasteiger partial charge in [0.05, 0.1) is 0 Å². The van der Waals surface area contributed by atoms with Crippen LogP contribution < -0.4 is 0 Å². The molecule has 5 nitrogen and oxygen atoms in total. The Hall–Kier alpha value is -1.79. The molecule has 0 bridgehead atoms. The fraction of sp³-hybridized carbons (Fsp3) is 0.400. The van der Waals surface area contributed by atoms with E-state index >= 15 is 0 Å². The van der Waals surface area contributed by atoms with Crippen molar-refractivity contribution in [3.63, 3.8) is 0 Å². The van der Waals surface area contributed by atoms with Crippen molar-refractivity contribution in [1.29, 1.82) is 0 Å². The van der Waals surface area contributed by atoms with Gasteiger partial charge in [-0.05, 0) is 18.1 Å². The fourth-order valence-electron chi connectivity index (χ4n) is 2.53. The summed E-state index contributed by atoms with van der Waals surface area (Å²) in [5.74, 6) is 0.0552. The SMILES string of the molecule is CCN1CCN(C(=O)c2snnc2-c2ccccc2)CC1. The molecule has 1 aromatic heterocycles. The zero-order valence-electron chi connectivity index (χ0n) is 12.0. The molecule has 110 valence electrons. The molecule has 0 N–H and O–H groups in total. The van der Waals surface area contributed by atoms with Crippen molar-refractivity contribution in [1.82, 2.24) is 19.4 Å². The molecule has 1 amide bonds. The molecule has 2 aromatic rings. The highest BCUT2D eigenvalue weighted by Crippen LogP contribution is 2.25. The van der Waals surface area contributed by atoms with Crippen LogP contribution in [0.25, 0.3) is 11.3 Å². The van der Waals surface area contributed by atoms with Crippen LogP contribution in [-0.2, 0) is 0 Å². The van der Waals surface area contributed by atoms with E-state index in [4.69, 9.17) is 0 Å². The van der Waals surface area contributed by atoms with Crippen LogP contribution >= 0.6 is 11.5 Å². The molecule has 0 unspecified atom stereocenters. The number of likely N-dealkylation sites (N-methyl/N-ethyl adjacent to an activating group) is 1. The van der Waals surface area contributed by atoms with Crippen LogP contribution in [0.5, 0.6) is 0 Å². The molecular weight excluding hydrogens is 284 g/mol. The molecular formula is C15H18N4OS. The third kappa shape index (κ3) is 2.96. The predicted molar refractivity (Wildman–Crippen MR) is 83.4 cm³/mol. The summed E-state index contributed by atoms with van der Waals surface area (Å²) in [5.41, 5.74) is 1.64. The minimum atomic E-state index is 0.0552. The molecule has 0 aliphatic carbocycles. The highest BCUT2D eigenvalue weighted by Gasteiger charge is 2.26. The number of benzene rings is 1. The van der Waals surface area contributed by atoms with Gasteiger partial charge in [-0.2, -0.15) is 0 Å². The number of carbonyl (C=O) groups excluding carboxylic acids is 1. The van der Waals surface area contributed by atoms with E-state index in [1.165, 1.54) is 11.5 Å². The molecule has 0 atom stereocenters. The summed E-state index contributed by atoms with van der Waals surface area (Å²) in [5, 5.41) is 4.14. The summed E-state index contributed by atoms with van der Waals surface area (Å²) in [6, 6.07) is 9.77. The van der Waals surface area contributed by atoms with Gasteiger partial charge in [-0.25, -0.2) is 0 Å². The third-order valence-electron chi connectivity index (χ3n) is 3.84. The number of amides is 1. The van der Waals surface area contributed by atoms with Gasteiger partial charge in [-0.15, -0.1) is 5.10 Å². The maximum atomic E-state index is 12.7. The first-order valence-corrected chi connectivity index (χ1v) is 7.96. The average molecular weight is 302 g/mol. The van der Waals surface area contributed by atoms with Crippen LogP contribution in [0.2, 0.25) is 0 Å². The van der Waals surface area contributed by atoms with Crippen LogP contribution in [0.4, 0.5) is 0 Å². The van der Waals surface area contributed by atoms with Crippen molar-refractivity contribution >= 4 is 17.4 Å². The number of carbonyl (C=O) groups is 1. The van der Waals surface area contributed by atoms with Crippen LogP contribution in [-0.4, -0.2) is 58.0 Å². The molecule has 3 rings (SSSR count). The lowest BCUT2D eigenvalue weighted by molar-refractivity contribution is 0.0648. The molecule has 6 heteroatoms. The highest BCUT2D eigenvalue weighted by atomic mass is 32.1. The summed E-state index contributed by atoms with van der Waals surface area (Å²) in [4.78, 5) is 17.6. The van der Waals surface area contributed by atoms with E-state index in [-0.39, 0.29) is 5.91 Å². The summed E-state index contributed by atoms with van der Waals surface area (Å²) in [7, 11) is 0. The minimum Gasteiger partial charge on any atom is -0.335 e. The molecule has 1 saturated heterocycles. The van der Waals surface area contributed by atoms with Crippen LogP contribution in [0.3, 0.4) is 0 Å². The van der Waals surface area contributed by atoms with Crippen molar-refractivity contribution in [2.45, 2.75) is 6.92 Å². The Morgan fingerprint density at radius 3 is 2.57 bits per heavy atom. The normalized spacial score (nSPS) is 16.1. The van der Waals surface area contributed by atoms with Gasteiger partial charge in [0, 0.05) is 31.7 Å². The molecule has 21 heavy (non-hydrogen) atoms. The molecule has 1 aliphatic heterocycles. The Labute approximate surface area is 128 Å². The van der Waals surface area contributed by atoms with Crippen molar-refractivity contribution in [3.05, 3.63) is 35.2 Å². The first kappa shape index (κ1) is 14.2. The lowest BCUT2D eigenvalue weighted by Gasteiger charge is -2.33. The molecule has 1 aliphatic rings. The highest BCUT2D eigenvalue weighted by molar-refractivity contribution is 7.08. The Balaban J connectivity index is 1.79. The van der Waals surface area contributed by atoms with E-state index < -0.39 is 0 Å². The molecule has 0 saturated carbocycles. The largest absolute Gasteiger partial charge is 0.335 e. The molecule has 0 radical (unpaired) electrons. The van der Waals surface area contributed by atoms with E-state index in [0.29, 0.717) is 10.6 Å². The molecule has 0 spiro atoms. The van der Waals surface area contributed by atoms with Crippen molar-refractivity contribution in [2.75, 3.05) is 32.7 Å². The van der Waals surface area contributed by atoms with Gasteiger partial charge in [-0.3, -0.25) is 4.79 Å². The van der Waals surface area contributed by atoms with E-state index in [9.17, 15) is 4.79 Å². The van der Waals surface area contributed by atoms with Gasteiger partial charge < -0.3 is 9.80 Å². The Kier molecular flexibility index (Phi) is 4.26. The first-order valence-electron chi connectivity index (χ1n) is 7.19. The van der Waals surface area contributed by atoms with Gasteiger partial charge in [0.15, 0.2) is 0 Å². The summed E-state index contributed by atoms with van der Waals surface area (Å²) >= 11 is 1.19. The maximum Gasteiger partial charge on any atom is 0.267 e. The second-order valence-corrected chi connectivity index (χ2v) is 5.80. The Morgan fingerprint density at radius 2 is 1.90 bits per heavy atom. The van der Waals surface area contributed by atoms with Gasteiger partial charge in [-0.1, -0.05) is 41.7 Å². The van der Waals surface area contributed by atoms with Gasteiger partial charge >= 0.3 is 0 Å². The van der Waals surface area contributed by atoms with Gasteiger partial charge in [0.2, 0.25) is 0 Å². The smallest absolute Gasteiger partial charge is 0.267 e. The van der Waals surface area contributed by atoms with Crippen LogP contribution in [0, 0.1) is 0 Å². The van der Waals surface area contributed by atoms with E-state index in [1.807, 2.05) is 35.2 Å². The van der Waals surface area contributed by atoms with Crippen molar-refractivity contribution < 1.29 is 4.79 Å².